The summed E-state index contributed by atoms with van der Waals surface area (Å²) in [7, 11) is 0. The summed E-state index contributed by atoms with van der Waals surface area (Å²) >= 11 is 0. The van der Waals surface area contributed by atoms with Gasteiger partial charge in [-0.25, -0.2) is 4.98 Å². The summed E-state index contributed by atoms with van der Waals surface area (Å²) in [6.07, 6.45) is 1.95. The molecule has 6 aromatic carbocycles. The van der Waals surface area contributed by atoms with Gasteiger partial charge in [-0.05, 0) is 111 Å². The molecule has 0 saturated heterocycles. The van der Waals surface area contributed by atoms with Crippen LogP contribution in [0.2, 0.25) is 0 Å². The van der Waals surface area contributed by atoms with Crippen LogP contribution in [0.4, 0.5) is 22.7 Å². The second-order valence-electron chi connectivity index (χ2n) is 20.7. The molecule has 1 aliphatic rings. The van der Waals surface area contributed by atoms with E-state index >= 15 is 0 Å². The Balaban J connectivity index is 1.10. The number of nitrogens with zero attached hydrogens (tertiary/aromatic N) is 4. The molecule has 5 nitrogen and oxygen atoms in total. The van der Waals surface area contributed by atoms with Gasteiger partial charge >= 0.3 is 0 Å². The first-order chi connectivity index (χ1) is 29.4. The molecule has 0 aliphatic carbocycles. The van der Waals surface area contributed by atoms with Crippen LogP contribution >= 0.6 is 0 Å². The van der Waals surface area contributed by atoms with E-state index < -0.39 is 0 Å². The second kappa shape index (κ2) is 14.9. The lowest BCUT2D eigenvalue weighted by Crippen LogP contribution is -2.25. The summed E-state index contributed by atoms with van der Waals surface area (Å²) in [4.78, 5) is 9.89. The van der Waals surface area contributed by atoms with E-state index in [0.29, 0.717) is 6.67 Å². The van der Waals surface area contributed by atoms with Crippen LogP contribution in [0.3, 0.4) is 0 Å². The lowest BCUT2D eigenvalue weighted by atomic mass is 9.78. The summed E-state index contributed by atoms with van der Waals surface area (Å²) < 4.78 is 9.14. The van der Waals surface area contributed by atoms with Gasteiger partial charge in [-0.15, -0.1) is 0 Å². The molecular formula is C57H60N4O. The van der Waals surface area contributed by atoms with Gasteiger partial charge in [0.1, 0.15) is 24.0 Å². The summed E-state index contributed by atoms with van der Waals surface area (Å²) in [5, 5.41) is 2.35. The van der Waals surface area contributed by atoms with E-state index in [9.17, 15) is 0 Å². The van der Waals surface area contributed by atoms with E-state index in [1.807, 2.05) is 6.20 Å². The van der Waals surface area contributed by atoms with Crippen molar-refractivity contribution in [3.8, 4) is 17.3 Å². The van der Waals surface area contributed by atoms with Crippen molar-refractivity contribution in [3.63, 3.8) is 0 Å². The van der Waals surface area contributed by atoms with E-state index in [4.69, 9.17) is 9.72 Å². The highest BCUT2D eigenvalue weighted by atomic mass is 16.5. The molecule has 62 heavy (non-hydrogen) atoms. The molecule has 9 rings (SSSR count). The number of fused-ring (bicyclic) bond motifs is 4. The maximum Gasteiger partial charge on any atom is 0.137 e. The Hall–Kier alpha value is -6.33. The van der Waals surface area contributed by atoms with Gasteiger partial charge in [0.25, 0.3) is 0 Å². The zero-order chi connectivity index (χ0) is 43.8. The van der Waals surface area contributed by atoms with Crippen molar-refractivity contribution in [2.75, 3.05) is 16.5 Å². The van der Waals surface area contributed by atoms with Crippen molar-refractivity contribution < 1.29 is 4.74 Å². The maximum atomic E-state index is 6.82. The topological polar surface area (TPSA) is 33.5 Å². The normalized spacial score (nSPS) is 13.6. The number of para-hydroxylation sites is 2. The fourth-order valence-electron chi connectivity index (χ4n) is 8.87. The van der Waals surface area contributed by atoms with Gasteiger partial charge in [0.15, 0.2) is 0 Å². The summed E-state index contributed by atoms with van der Waals surface area (Å²) in [6, 6.07) is 52.9. The van der Waals surface area contributed by atoms with Crippen LogP contribution in [-0.2, 0) is 21.7 Å². The Morgan fingerprint density at radius 3 is 1.66 bits per heavy atom. The van der Waals surface area contributed by atoms with E-state index in [2.05, 4.69) is 236 Å². The molecule has 0 spiro atoms. The van der Waals surface area contributed by atoms with E-state index in [1.165, 1.54) is 50.3 Å². The van der Waals surface area contributed by atoms with Crippen LogP contribution in [0.1, 0.15) is 104 Å². The summed E-state index contributed by atoms with van der Waals surface area (Å²) in [6.45, 7) is 25.9. The molecule has 0 bridgehead atoms. The van der Waals surface area contributed by atoms with Crippen molar-refractivity contribution in [2.24, 2.45) is 0 Å². The van der Waals surface area contributed by atoms with Crippen LogP contribution in [-0.4, -0.2) is 16.2 Å². The molecule has 314 valence electrons. The third-order valence-electron chi connectivity index (χ3n) is 12.9. The highest BCUT2D eigenvalue weighted by Gasteiger charge is 2.31. The predicted octanol–water partition coefficient (Wildman–Crippen LogP) is 15.4. The molecule has 0 radical (unpaired) electrons. The average Bonchev–Trinajstić information content (AvgIpc) is 3.79. The molecule has 0 N–H and O–H groups in total. The third-order valence-corrected chi connectivity index (χ3v) is 12.9. The molecule has 1 aliphatic heterocycles. The minimum atomic E-state index is -0.216. The van der Waals surface area contributed by atoms with E-state index in [-0.39, 0.29) is 21.7 Å². The maximum absolute atomic E-state index is 6.82. The number of pyridine rings is 1. The Morgan fingerprint density at radius 1 is 0.435 bits per heavy atom. The Labute approximate surface area is 368 Å². The van der Waals surface area contributed by atoms with Crippen molar-refractivity contribution in [3.05, 3.63) is 180 Å². The van der Waals surface area contributed by atoms with Crippen LogP contribution in [0.25, 0.3) is 27.6 Å². The Morgan fingerprint density at radius 2 is 1.02 bits per heavy atom. The van der Waals surface area contributed by atoms with Crippen LogP contribution < -0.4 is 14.5 Å². The number of ether oxygens (including phenoxy) is 1. The van der Waals surface area contributed by atoms with Gasteiger partial charge in [0.2, 0.25) is 0 Å². The molecular weight excluding hydrogens is 757 g/mol. The molecule has 0 fully saturated rings. The monoisotopic (exact) mass is 816 g/mol. The molecule has 5 heteroatoms. The van der Waals surface area contributed by atoms with Crippen molar-refractivity contribution in [1.82, 2.24) is 9.55 Å². The highest BCUT2D eigenvalue weighted by molar-refractivity contribution is 6.09. The SMILES string of the molecule is CC(C)(C)c1cc(N2CN(c3cccc(Oc4ccc5c6ccc(C(C)(C)C)cc6n(-c6cc(C(C)(C)c7ccccc7)ccn6)c5c4)c3)c3ccccc32)cc(C(C)(C)C)c1. The average molecular weight is 817 g/mol. The lowest BCUT2D eigenvalue weighted by molar-refractivity contribution is 0.483. The number of anilines is 4. The zero-order valence-electron chi connectivity index (χ0n) is 38.3. The zero-order valence-corrected chi connectivity index (χ0v) is 38.3. The molecule has 0 saturated carbocycles. The van der Waals surface area contributed by atoms with Crippen molar-refractivity contribution >= 4 is 44.6 Å². The molecule has 8 aromatic rings. The molecule has 0 amide bonds. The lowest BCUT2D eigenvalue weighted by Gasteiger charge is -2.29. The Kier molecular flexibility index (Phi) is 9.89. The fourth-order valence-corrected chi connectivity index (χ4v) is 8.87. The number of aromatic nitrogens is 2. The van der Waals surface area contributed by atoms with Gasteiger partial charge in [-0.2, -0.15) is 0 Å². The van der Waals surface area contributed by atoms with Gasteiger partial charge in [-0.1, -0.05) is 143 Å². The van der Waals surface area contributed by atoms with Crippen LogP contribution in [0.5, 0.6) is 11.5 Å². The number of benzene rings is 6. The standard InChI is InChI=1S/C57H60N4O/c1-54(2,3)39-24-26-47-48-27-25-46(36-52(48)61(51(47)33-39)53-34-40(28-29-58-53)57(10,11)38-18-13-12-14-19-38)62-45-21-17-20-43(35-45)59-37-60(50-23-16-15-22-49(50)59)44-31-41(55(4,5)6)30-42(32-44)56(7,8)9/h12-36H,37H2,1-11H3. The number of rotatable bonds is 7. The van der Waals surface area contributed by atoms with E-state index in [0.717, 1.165) is 39.4 Å². The van der Waals surface area contributed by atoms with Crippen LogP contribution in [0, 0.1) is 0 Å². The van der Waals surface area contributed by atoms with Gasteiger partial charge in [0.05, 0.1) is 22.4 Å². The second-order valence-corrected chi connectivity index (χ2v) is 20.7. The van der Waals surface area contributed by atoms with Crippen molar-refractivity contribution in [2.45, 2.75) is 97.8 Å². The molecule has 2 aromatic heterocycles. The highest BCUT2D eigenvalue weighted by Crippen LogP contribution is 2.47. The smallest absolute Gasteiger partial charge is 0.137 e. The fraction of sp³-hybridized carbons (Fsp3) is 0.281. The minimum absolute atomic E-state index is 0.0158. The largest absolute Gasteiger partial charge is 0.457 e. The van der Waals surface area contributed by atoms with Gasteiger partial charge < -0.3 is 14.5 Å². The van der Waals surface area contributed by atoms with Crippen LogP contribution in [0.15, 0.2) is 152 Å². The summed E-state index contributed by atoms with van der Waals surface area (Å²) in [5.41, 5.74) is 13.1. The third kappa shape index (κ3) is 7.52. The molecule has 3 heterocycles. The first-order valence-electron chi connectivity index (χ1n) is 22.1. The quantitative estimate of drug-likeness (QED) is 0.160. The number of hydrogen-bond donors (Lipinski definition) is 0. The van der Waals surface area contributed by atoms with Gasteiger partial charge in [-0.3, -0.25) is 4.57 Å². The van der Waals surface area contributed by atoms with E-state index in [1.54, 1.807) is 0 Å². The molecule has 0 atom stereocenters. The Bertz CT molecular complexity index is 2920. The first-order valence-corrected chi connectivity index (χ1v) is 22.1. The van der Waals surface area contributed by atoms with Gasteiger partial charge in [0, 0.05) is 45.9 Å². The predicted molar refractivity (Wildman–Crippen MR) is 262 cm³/mol. The number of hydrogen-bond acceptors (Lipinski definition) is 4. The molecule has 0 unspecified atom stereocenters. The minimum Gasteiger partial charge on any atom is -0.457 e. The van der Waals surface area contributed by atoms with Crippen molar-refractivity contribution in [1.29, 1.82) is 0 Å². The first kappa shape index (κ1) is 41.0. The summed E-state index contributed by atoms with van der Waals surface area (Å²) in [5.74, 6) is 2.44.